The molecule has 36 heteroatoms. The molecule has 4 heterocycles. The molecule has 0 aromatic heterocycles. The molecule has 0 saturated carbocycles. The summed E-state index contributed by atoms with van der Waals surface area (Å²) in [6.07, 6.45) is -50.8. The highest BCUT2D eigenvalue weighted by Gasteiger charge is 2.63. The number of esters is 11. The number of amides is 1. The second kappa shape index (κ2) is 49.0. The van der Waals surface area contributed by atoms with E-state index in [9.17, 15) is 19.2 Å². The van der Waals surface area contributed by atoms with E-state index in [1.807, 2.05) is 0 Å². The fourth-order valence-electron chi connectivity index (χ4n) is 16.3. The topological polar surface area (TPSA) is 405 Å². The fraction of sp³-hybridized carbons (Fsp3) is 0.234. The Morgan fingerprint density at radius 2 is 0.483 bits per heavy atom. The summed E-state index contributed by atoms with van der Waals surface area (Å²) >= 11 is 0. The van der Waals surface area contributed by atoms with Gasteiger partial charge in [0, 0.05) is 6.92 Å². The second-order valence-electron chi connectivity index (χ2n) is 33.5. The number of para-hydroxylation sites is 1. The van der Waals surface area contributed by atoms with Crippen molar-refractivity contribution in [3.63, 3.8) is 0 Å². The van der Waals surface area contributed by atoms with E-state index in [0.717, 1.165) is 6.92 Å². The monoisotopic (exact) mass is 2010 g/mol. The van der Waals surface area contributed by atoms with E-state index in [2.05, 4.69) is 10.3 Å². The van der Waals surface area contributed by atoms with Gasteiger partial charge in [0.2, 0.25) is 18.3 Å². The van der Waals surface area contributed by atoms with Crippen molar-refractivity contribution >= 4 is 83.2 Å². The Labute approximate surface area is 837 Å². The quantitative estimate of drug-likeness (QED) is 0.0169. The lowest BCUT2D eigenvalue weighted by molar-refractivity contribution is -0.398. The highest BCUT2D eigenvalue weighted by atomic mass is 19.4. The molecular weight excluding hydrogens is 1910 g/mol. The van der Waals surface area contributed by atoms with Crippen molar-refractivity contribution in [3.05, 3.63) is 425 Å². The molecule has 4 fully saturated rings. The Morgan fingerprint density at radius 3 is 0.803 bits per heavy atom. The van der Waals surface area contributed by atoms with Gasteiger partial charge in [-0.3, -0.25) is 4.79 Å². The van der Waals surface area contributed by atoms with Crippen LogP contribution in [0.1, 0.15) is 128 Å². The fourth-order valence-corrected chi connectivity index (χ4v) is 16.3. The number of nitrogens with one attached hydrogen (secondary N) is 1. The van der Waals surface area contributed by atoms with Crippen LogP contribution in [0.3, 0.4) is 0 Å². The summed E-state index contributed by atoms with van der Waals surface area (Å²) in [4.78, 5) is 186. The minimum Gasteiger partial charge on any atom is -0.459 e. The number of aliphatic imine (C=N–C) groups is 1. The van der Waals surface area contributed by atoms with Crippen LogP contribution in [0.5, 0.6) is 0 Å². The molecule has 1 N–H and O–H groups in total. The molecule has 0 radical (unpaired) electrons. The maximum absolute atomic E-state index is 16.3. The van der Waals surface area contributed by atoms with Crippen molar-refractivity contribution in [2.45, 2.75) is 143 Å². The summed E-state index contributed by atoms with van der Waals surface area (Å²) in [6, 6.07) is 83.2. The predicted molar refractivity (Wildman–Crippen MR) is 509 cm³/mol. The third-order valence-electron chi connectivity index (χ3n) is 23.4. The van der Waals surface area contributed by atoms with Crippen molar-refractivity contribution < 1.29 is 161 Å². The summed E-state index contributed by atoms with van der Waals surface area (Å²) in [7, 11) is 0. The normalized spacial score (nSPS) is 23.7. The van der Waals surface area contributed by atoms with Gasteiger partial charge in [0.25, 0.3) is 5.90 Å². The summed E-state index contributed by atoms with van der Waals surface area (Å²) in [6.45, 7) is -1.15. The van der Waals surface area contributed by atoms with Crippen LogP contribution in [0.2, 0.25) is 0 Å². The summed E-state index contributed by atoms with van der Waals surface area (Å²) in [5.41, 5.74) is -2.32. The van der Waals surface area contributed by atoms with Crippen LogP contribution in [-0.2, 0) is 94.8 Å². The Hall–Kier alpha value is -16.7. The molecule has 0 spiro atoms. The standard InChI is InChI=1S/C111H93F3N2O31/c1-66-84(136-98(121)71-45-21-6-22-46-71)89(140-102(125)75-53-29-10-30-54-75)92(142-104(127)77-57-33-12-34-58-77)107(132-66)146-94-91(145-106-83(115-67(2)117)88(139-101(124)74-51-27-9-28-52-74)85(137-99(122)72-47-23-7-24-48-72)80(133-106)63-129-95(118)68-39-15-3-16-40-68)86(138-100(123)73-49-25-8-26-50-73)81(64-130-96(119)69-41-17-4-18-42-69)134-108(94)144-87-82(65-131-97(120)70-43-19-5-20-44-70)135-109(147-110(111(112,113)114)116-79-61-37-14-38-62-79)93(143-105(128)78-59-35-13-36-60-78)90(87)141-103(126)76-55-31-11-32-56-76/h3-62,66,80-94,106-109H,63-65H2,1-2H3,(H,115,117)/t66?,80?,81?,82?,83?,84-,85+,86+,87-,88?,89?,90?,91?,92?,93?,94?,106-,107+,108+,109-/m1/s1. The predicted octanol–water partition coefficient (Wildman–Crippen LogP) is 15.3. The molecule has 4 saturated heterocycles. The highest BCUT2D eigenvalue weighted by molar-refractivity contribution is 5.95. The third-order valence-corrected chi connectivity index (χ3v) is 23.4. The number of hydrogen-bond acceptors (Lipinski definition) is 32. The molecule has 0 aliphatic carbocycles. The zero-order chi connectivity index (χ0) is 103. The van der Waals surface area contributed by atoms with Crippen molar-refractivity contribution in [2.75, 3.05) is 19.8 Å². The van der Waals surface area contributed by atoms with Gasteiger partial charge in [-0.05, 0) is 153 Å². The van der Waals surface area contributed by atoms with Crippen LogP contribution in [0.4, 0.5) is 18.9 Å². The molecule has 4 aliphatic heterocycles. The summed E-state index contributed by atoms with van der Waals surface area (Å²) in [5, 5.41) is 2.72. The van der Waals surface area contributed by atoms with Crippen molar-refractivity contribution in [3.8, 4) is 0 Å². The van der Waals surface area contributed by atoms with Crippen molar-refractivity contribution in [2.24, 2.45) is 4.99 Å². The van der Waals surface area contributed by atoms with E-state index in [1.54, 1.807) is 54.6 Å². The van der Waals surface area contributed by atoms with E-state index in [0.29, 0.717) is 0 Å². The minimum absolute atomic E-state index is 0.0501. The number of carbonyl (C=O) groups is 12. The van der Waals surface area contributed by atoms with Gasteiger partial charge in [0.1, 0.15) is 62.5 Å². The van der Waals surface area contributed by atoms with Gasteiger partial charge in [0.05, 0.1) is 73.0 Å². The summed E-state index contributed by atoms with van der Waals surface area (Å²) < 4.78 is 176. The largest absolute Gasteiger partial charge is 0.468 e. The van der Waals surface area contributed by atoms with Gasteiger partial charge >= 0.3 is 71.8 Å². The number of carbonyl (C=O) groups excluding carboxylic acids is 12. The van der Waals surface area contributed by atoms with Crippen LogP contribution < -0.4 is 5.32 Å². The number of halogens is 3. The average Bonchev–Trinajstić information content (AvgIpc) is 0.744. The van der Waals surface area contributed by atoms with Crippen LogP contribution >= 0.6 is 0 Å². The maximum atomic E-state index is 16.3. The smallest absolute Gasteiger partial charge is 0.459 e. The molecule has 20 atom stereocenters. The molecule has 12 aromatic carbocycles. The molecule has 12 unspecified atom stereocenters. The van der Waals surface area contributed by atoms with Gasteiger partial charge in [0.15, 0.2) is 61.6 Å². The lowest BCUT2D eigenvalue weighted by Gasteiger charge is -2.52. The SMILES string of the molecule is CC(=O)NC1C(OC(=O)c2ccccc2)[C@@H](OC(=O)c2ccccc2)C(COC(=O)c2ccccc2)O[C@@H]1OC1C(O[C@@H]2OC(C)[C@@H](OC(=O)c3ccccc3)C(OC(=O)c3ccccc3)C2OC(=O)c2ccccc2)[C@H](O[C@@H]2C(COC(=O)c3ccccc3)O[C@H](OC(=Nc3ccccc3)C(F)(F)F)C(OC(=O)c3ccccc3)C2OC(=O)c2ccccc2)OC(COC(=O)c2ccccc2)[C@@H]1OC(=O)c1ccccc1. The first-order chi connectivity index (χ1) is 71.3. The molecular formula is C111H93F3N2O31. The number of nitrogens with zero attached hydrogens (tertiary/aromatic N) is 1. The molecule has 4 aliphatic rings. The first-order valence-corrected chi connectivity index (χ1v) is 46.3. The number of rotatable bonds is 34. The molecule has 33 nitrogen and oxygen atoms in total. The molecule has 16 rings (SSSR count). The van der Waals surface area contributed by atoms with Gasteiger partial charge < -0.3 is 95.3 Å². The summed E-state index contributed by atoms with van der Waals surface area (Å²) in [5.74, 6) is -16.3. The maximum Gasteiger partial charge on any atom is 0.468 e. The van der Waals surface area contributed by atoms with Gasteiger partial charge in [-0.15, -0.1) is 0 Å². The zero-order valence-corrected chi connectivity index (χ0v) is 78.0. The minimum atomic E-state index is -5.62. The van der Waals surface area contributed by atoms with Crippen molar-refractivity contribution in [1.29, 1.82) is 0 Å². The zero-order valence-electron chi connectivity index (χ0n) is 78.0. The Morgan fingerprint density at radius 1 is 0.252 bits per heavy atom. The highest BCUT2D eigenvalue weighted by Crippen LogP contribution is 2.43. The number of hydrogen-bond donors (Lipinski definition) is 1. The van der Waals surface area contributed by atoms with Gasteiger partial charge in [-0.2, -0.15) is 13.2 Å². The second-order valence-corrected chi connectivity index (χ2v) is 33.5. The van der Waals surface area contributed by atoms with E-state index in [4.69, 9.17) is 90.0 Å². The molecule has 12 aromatic rings. The Kier molecular flexibility index (Phi) is 34.4. The third kappa shape index (κ3) is 26.7. The molecule has 754 valence electrons. The van der Waals surface area contributed by atoms with E-state index in [-0.39, 0.29) is 66.9 Å². The van der Waals surface area contributed by atoms with E-state index >= 15 is 51.5 Å². The lowest BCUT2D eigenvalue weighted by Crippen LogP contribution is -2.71. The molecule has 147 heavy (non-hydrogen) atoms. The van der Waals surface area contributed by atoms with E-state index in [1.165, 1.54) is 316 Å². The Balaban J connectivity index is 0.964. The van der Waals surface area contributed by atoms with Crippen LogP contribution in [-0.4, -0.2) is 226 Å². The first-order valence-electron chi connectivity index (χ1n) is 46.3. The molecule has 0 bridgehead atoms. The van der Waals surface area contributed by atoms with Crippen LogP contribution in [0.15, 0.2) is 369 Å². The Bertz CT molecular complexity index is 6530. The number of ether oxygens (including phenoxy) is 19. The average molecular weight is 2010 g/mol. The van der Waals surface area contributed by atoms with E-state index < -0.39 is 226 Å². The van der Waals surface area contributed by atoms with Gasteiger partial charge in [-0.1, -0.05) is 218 Å². The van der Waals surface area contributed by atoms with Crippen molar-refractivity contribution in [1.82, 2.24) is 5.32 Å². The first kappa shape index (κ1) is 103. The number of alkyl halides is 3. The van der Waals surface area contributed by atoms with Gasteiger partial charge in [-0.25, -0.2) is 57.7 Å². The van der Waals surface area contributed by atoms with Crippen LogP contribution in [0.25, 0.3) is 0 Å². The molecule has 1 amide bonds. The lowest BCUT2D eigenvalue weighted by atomic mass is 9.93. The van der Waals surface area contributed by atoms with Crippen LogP contribution in [0, 0.1) is 0 Å². The number of benzene rings is 12.